The number of rotatable bonds is 6. The number of nitrogens with two attached hydrogens (primary N) is 1. The number of hydrogen-bond donors (Lipinski definition) is 1. The quantitative estimate of drug-likeness (QED) is 0.521. The van der Waals surface area contributed by atoms with Crippen molar-refractivity contribution in [3.8, 4) is 11.3 Å². The Hall–Kier alpha value is -2.78. The van der Waals surface area contributed by atoms with Gasteiger partial charge in [-0.25, -0.2) is 4.98 Å². The molecule has 4 rings (SSSR count). The fourth-order valence-electron chi connectivity index (χ4n) is 2.73. The Labute approximate surface area is 154 Å². The van der Waals surface area contributed by atoms with Gasteiger partial charge in [0.25, 0.3) is 5.78 Å². The predicted octanol–water partition coefficient (Wildman–Crippen LogP) is 2.06. The first-order valence-corrected chi connectivity index (χ1v) is 9.18. The maximum absolute atomic E-state index is 5.67. The van der Waals surface area contributed by atoms with E-state index in [2.05, 4.69) is 36.8 Å². The minimum atomic E-state index is 0.545. The van der Waals surface area contributed by atoms with E-state index < -0.39 is 0 Å². The number of nitrogens with zero attached hydrogens (tertiary/aromatic N) is 7. The van der Waals surface area contributed by atoms with Crippen molar-refractivity contribution in [1.82, 2.24) is 34.3 Å². The molecule has 3 heterocycles. The molecular formula is C17H18N8S. The summed E-state index contributed by atoms with van der Waals surface area (Å²) >= 11 is 1.50. The summed E-state index contributed by atoms with van der Waals surface area (Å²) in [6.45, 7) is 3.39. The number of benzene rings is 1. The van der Waals surface area contributed by atoms with Crippen molar-refractivity contribution >= 4 is 17.5 Å². The average molecular weight is 366 g/mol. The smallest absolute Gasteiger partial charge is 0.253 e. The Morgan fingerprint density at radius 1 is 1.15 bits per heavy atom. The number of hydrogen-bond acceptors (Lipinski definition) is 7. The molecule has 132 valence electrons. The van der Waals surface area contributed by atoms with E-state index in [1.165, 1.54) is 18.1 Å². The molecule has 0 amide bonds. The highest BCUT2D eigenvalue weighted by Crippen LogP contribution is 2.29. The third kappa shape index (κ3) is 3.06. The summed E-state index contributed by atoms with van der Waals surface area (Å²) in [5.74, 6) is 1.45. The average Bonchev–Trinajstić information content (AvgIpc) is 3.29. The molecule has 0 unspecified atom stereocenters. The van der Waals surface area contributed by atoms with Gasteiger partial charge in [-0.1, -0.05) is 30.3 Å². The second kappa shape index (κ2) is 7.22. The second-order valence-corrected chi connectivity index (χ2v) is 6.59. The topological polar surface area (TPSA) is 99.8 Å². The van der Waals surface area contributed by atoms with Crippen molar-refractivity contribution in [3.63, 3.8) is 0 Å². The van der Waals surface area contributed by atoms with Crippen molar-refractivity contribution in [1.29, 1.82) is 0 Å². The first-order chi connectivity index (χ1) is 12.8. The molecule has 1 aromatic carbocycles. The van der Waals surface area contributed by atoms with Gasteiger partial charge in [0.05, 0.1) is 5.69 Å². The summed E-state index contributed by atoms with van der Waals surface area (Å²) in [6.07, 6.45) is 2.21. The standard InChI is InChI=1S/C17H18N8S/c1-2-24-14(8-9-18)22-23-17(24)26-15-10-13(12-6-4-3-5-7-12)21-16-19-11-20-25(15)16/h3-7,10-11H,2,8-9,18H2,1H3. The molecule has 4 aromatic rings. The summed E-state index contributed by atoms with van der Waals surface area (Å²) < 4.78 is 3.79. The van der Waals surface area contributed by atoms with E-state index in [0.29, 0.717) is 18.7 Å². The van der Waals surface area contributed by atoms with Crippen LogP contribution in [0.5, 0.6) is 0 Å². The first-order valence-electron chi connectivity index (χ1n) is 8.36. The van der Waals surface area contributed by atoms with Crippen LogP contribution in [-0.4, -0.2) is 40.9 Å². The lowest BCUT2D eigenvalue weighted by atomic mass is 10.1. The zero-order chi connectivity index (χ0) is 17.9. The molecule has 0 saturated heterocycles. The van der Waals surface area contributed by atoms with Crippen LogP contribution in [0.25, 0.3) is 17.0 Å². The van der Waals surface area contributed by atoms with Crippen LogP contribution in [0, 0.1) is 0 Å². The molecule has 0 atom stereocenters. The van der Waals surface area contributed by atoms with E-state index in [0.717, 1.165) is 33.8 Å². The molecule has 9 heteroatoms. The maximum Gasteiger partial charge on any atom is 0.253 e. The highest BCUT2D eigenvalue weighted by Gasteiger charge is 2.16. The van der Waals surface area contributed by atoms with Crippen LogP contribution < -0.4 is 5.73 Å². The third-order valence-electron chi connectivity index (χ3n) is 3.96. The highest BCUT2D eigenvalue weighted by molar-refractivity contribution is 7.99. The zero-order valence-electron chi connectivity index (χ0n) is 14.3. The van der Waals surface area contributed by atoms with Gasteiger partial charge >= 0.3 is 0 Å². The van der Waals surface area contributed by atoms with Crippen LogP contribution in [0.15, 0.2) is 52.9 Å². The summed E-state index contributed by atoms with van der Waals surface area (Å²) in [6, 6.07) is 12.0. The zero-order valence-corrected chi connectivity index (χ0v) is 15.1. The van der Waals surface area contributed by atoms with Crippen LogP contribution in [-0.2, 0) is 13.0 Å². The van der Waals surface area contributed by atoms with Gasteiger partial charge < -0.3 is 10.3 Å². The monoisotopic (exact) mass is 366 g/mol. The molecule has 3 aromatic heterocycles. The van der Waals surface area contributed by atoms with Crippen LogP contribution in [0.4, 0.5) is 0 Å². The number of fused-ring (bicyclic) bond motifs is 1. The lowest BCUT2D eigenvalue weighted by Gasteiger charge is -2.09. The van der Waals surface area contributed by atoms with Crippen molar-refractivity contribution in [2.45, 2.75) is 30.1 Å². The Balaban J connectivity index is 1.78. The van der Waals surface area contributed by atoms with Crippen LogP contribution in [0.2, 0.25) is 0 Å². The summed E-state index contributed by atoms with van der Waals surface area (Å²) in [7, 11) is 0. The molecule has 0 fully saturated rings. The van der Waals surface area contributed by atoms with Gasteiger partial charge in [0.15, 0.2) is 5.16 Å². The van der Waals surface area contributed by atoms with E-state index in [-0.39, 0.29) is 0 Å². The van der Waals surface area contributed by atoms with E-state index in [4.69, 9.17) is 5.73 Å². The molecule has 0 aliphatic carbocycles. The second-order valence-electron chi connectivity index (χ2n) is 5.60. The molecule has 8 nitrogen and oxygen atoms in total. The molecule has 0 bridgehead atoms. The molecule has 0 spiro atoms. The number of aromatic nitrogens is 7. The summed E-state index contributed by atoms with van der Waals surface area (Å²) in [5.41, 5.74) is 7.55. The molecule has 0 saturated carbocycles. The fraction of sp³-hybridized carbons (Fsp3) is 0.235. The minimum Gasteiger partial charge on any atom is -0.330 e. The first kappa shape index (κ1) is 16.7. The van der Waals surface area contributed by atoms with Gasteiger partial charge in [0.2, 0.25) is 0 Å². The normalized spacial score (nSPS) is 11.3. The van der Waals surface area contributed by atoms with E-state index >= 15 is 0 Å². The van der Waals surface area contributed by atoms with Gasteiger partial charge in [0, 0.05) is 18.5 Å². The molecular weight excluding hydrogens is 348 g/mol. The SMILES string of the molecule is CCn1c(CCN)nnc1Sc1cc(-c2ccccc2)nc2ncnn12. The van der Waals surface area contributed by atoms with Gasteiger partial charge in [-0.15, -0.1) is 10.2 Å². The van der Waals surface area contributed by atoms with Crippen molar-refractivity contribution in [3.05, 3.63) is 48.5 Å². The van der Waals surface area contributed by atoms with E-state index in [1.54, 1.807) is 4.52 Å². The Kier molecular flexibility index (Phi) is 4.63. The van der Waals surface area contributed by atoms with E-state index in [9.17, 15) is 0 Å². The van der Waals surface area contributed by atoms with E-state index in [1.807, 2.05) is 36.4 Å². The minimum absolute atomic E-state index is 0.545. The molecule has 0 radical (unpaired) electrons. The van der Waals surface area contributed by atoms with Crippen LogP contribution in [0.3, 0.4) is 0 Å². The summed E-state index contributed by atoms with van der Waals surface area (Å²) in [4.78, 5) is 8.85. The largest absolute Gasteiger partial charge is 0.330 e. The highest BCUT2D eigenvalue weighted by atomic mass is 32.2. The summed E-state index contributed by atoms with van der Waals surface area (Å²) in [5, 5.41) is 14.6. The van der Waals surface area contributed by atoms with Gasteiger partial charge in [0.1, 0.15) is 17.2 Å². The van der Waals surface area contributed by atoms with Crippen molar-refractivity contribution in [2.24, 2.45) is 5.73 Å². The maximum atomic E-state index is 5.67. The molecule has 0 aliphatic heterocycles. The van der Waals surface area contributed by atoms with Gasteiger partial charge in [-0.2, -0.15) is 14.6 Å². The molecule has 0 aliphatic rings. The third-order valence-corrected chi connectivity index (χ3v) is 4.95. The van der Waals surface area contributed by atoms with Crippen molar-refractivity contribution in [2.75, 3.05) is 6.54 Å². The van der Waals surface area contributed by atoms with Crippen LogP contribution in [0.1, 0.15) is 12.7 Å². The lowest BCUT2D eigenvalue weighted by molar-refractivity contribution is 0.639. The molecule has 2 N–H and O–H groups in total. The van der Waals surface area contributed by atoms with Gasteiger partial charge in [-0.3, -0.25) is 0 Å². The molecule has 26 heavy (non-hydrogen) atoms. The van der Waals surface area contributed by atoms with Crippen LogP contribution >= 0.6 is 11.8 Å². The van der Waals surface area contributed by atoms with Crippen molar-refractivity contribution < 1.29 is 0 Å². The Morgan fingerprint density at radius 2 is 2.00 bits per heavy atom. The Bertz CT molecular complexity index is 1020. The Morgan fingerprint density at radius 3 is 2.77 bits per heavy atom. The predicted molar refractivity (Wildman–Crippen MR) is 98.8 cm³/mol. The fourth-order valence-corrected chi connectivity index (χ4v) is 3.73. The van der Waals surface area contributed by atoms with Gasteiger partial charge in [-0.05, 0) is 31.3 Å². The lowest BCUT2D eigenvalue weighted by Crippen LogP contribution is -2.10.